The Balaban J connectivity index is 2.12. The lowest BCUT2D eigenvalue weighted by Crippen LogP contribution is -2.61. The Morgan fingerprint density at radius 2 is 1.57 bits per heavy atom. The number of aromatic nitrogens is 1. The van der Waals surface area contributed by atoms with Gasteiger partial charge in [0, 0.05) is 36.2 Å². The third-order valence-corrected chi connectivity index (χ3v) is 6.17. The van der Waals surface area contributed by atoms with Crippen molar-refractivity contribution >= 4 is 53.1 Å². The standard InChI is InChI=1S/C25H36N6O5S/c1-13(28-14(2)32)22(34)31-20(25(3,4)5)24(36)30-19(12-37)23(35)29-18(21(26)33)10-15-11-27-17-9-7-6-8-16(15)17/h6-9,11,13,18-20,27,37H,10,12H2,1-5H3,(H2,26,33)(H,28,32)(H,29,35)(H,30,36)(H,31,34)/t13-,18-,19-,20+/m0/s1. The number of thiol groups is 1. The van der Waals surface area contributed by atoms with E-state index in [1.165, 1.54) is 13.8 Å². The molecular formula is C25H36N6O5S. The summed E-state index contributed by atoms with van der Waals surface area (Å²) >= 11 is 4.19. The molecule has 12 heteroatoms. The second-order valence-electron chi connectivity index (χ2n) is 10.0. The van der Waals surface area contributed by atoms with Crippen molar-refractivity contribution in [2.75, 3.05) is 5.75 Å². The number of benzene rings is 1. The minimum absolute atomic E-state index is 0.0662. The monoisotopic (exact) mass is 532 g/mol. The zero-order valence-corrected chi connectivity index (χ0v) is 22.6. The number of carbonyl (C=O) groups is 5. The van der Waals surface area contributed by atoms with Crippen molar-refractivity contribution in [3.63, 3.8) is 0 Å². The molecule has 0 saturated carbocycles. The number of aromatic amines is 1. The van der Waals surface area contributed by atoms with Crippen LogP contribution >= 0.6 is 12.6 Å². The first-order chi connectivity index (χ1) is 17.2. The Kier molecular flexibility index (Phi) is 10.1. The van der Waals surface area contributed by atoms with Crippen molar-refractivity contribution in [3.05, 3.63) is 36.0 Å². The SMILES string of the molecule is CC(=O)N[C@@H](C)C(=O)N[C@H](C(=O)N[C@@H](CS)C(=O)N[C@@H](Cc1c[nH]c2ccccc12)C(N)=O)C(C)(C)C. The molecular weight excluding hydrogens is 496 g/mol. The second-order valence-corrected chi connectivity index (χ2v) is 10.4. The normalized spacial score (nSPS) is 14.6. The molecule has 2 rings (SSSR count). The Labute approximate surface area is 221 Å². The average molecular weight is 533 g/mol. The van der Waals surface area contributed by atoms with Crippen LogP contribution in [0.2, 0.25) is 0 Å². The number of nitrogens with one attached hydrogen (secondary N) is 5. The van der Waals surface area contributed by atoms with Crippen LogP contribution in [0.1, 0.15) is 40.2 Å². The van der Waals surface area contributed by atoms with E-state index in [0.717, 1.165) is 16.5 Å². The number of para-hydroxylation sites is 1. The summed E-state index contributed by atoms with van der Waals surface area (Å²) in [7, 11) is 0. The van der Waals surface area contributed by atoms with Crippen molar-refractivity contribution in [1.82, 2.24) is 26.3 Å². The van der Waals surface area contributed by atoms with Gasteiger partial charge in [0.25, 0.3) is 0 Å². The minimum atomic E-state index is -1.10. The first-order valence-electron chi connectivity index (χ1n) is 11.9. The van der Waals surface area contributed by atoms with E-state index in [1.807, 2.05) is 24.3 Å². The summed E-state index contributed by atoms with van der Waals surface area (Å²) in [6, 6.07) is 3.52. The van der Waals surface area contributed by atoms with Gasteiger partial charge in [0.2, 0.25) is 29.5 Å². The molecule has 0 bridgehead atoms. The summed E-state index contributed by atoms with van der Waals surface area (Å²) in [6.07, 6.45) is 1.91. The van der Waals surface area contributed by atoms with Gasteiger partial charge in [-0.1, -0.05) is 39.0 Å². The number of fused-ring (bicyclic) bond motifs is 1. The fourth-order valence-corrected chi connectivity index (χ4v) is 4.03. The zero-order valence-electron chi connectivity index (χ0n) is 21.7. The van der Waals surface area contributed by atoms with Crippen molar-refractivity contribution < 1.29 is 24.0 Å². The summed E-state index contributed by atoms with van der Waals surface area (Å²) < 4.78 is 0. The molecule has 4 atom stereocenters. The van der Waals surface area contributed by atoms with Gasteiger partial charge >= 0.3 is 0 Å². The Hall–Kier alpha value is -3.54. The molecule has 202 valence electrons. The molecule has 0 radical (unpaired) electrons. The highest BCUT2D eigenvalue weighted by molar-refractivity contribution is 7.80. The molecule has 0 aliphatic carbocycles. The highest BCUT2D eigenvalue weighted by atomic mass is 32.1. The molecule has 1 aromatic heterocycles. The highest BCUT2D eigenvalue weighted by Gasteiger charge is 2.36. The lowest BCUT2D eigenvalue weighted by atomic mass is 9.85. The van der Waals surface area contributed by atoms with Gasteiger partial charge in [0.15, 0.2) is 0 Å². The minimum Gasteiger partial charge on any atom is -0.368 e. The van der Waals surface area contributed by atoms with Gasteiger partial charge in [0.05, 0.1) is 0 Å². The molecule has 11 nitrogen and oxygen atoms in total. The average Bonchev–Trinajstić information content (AvgIpc) is 3.21. The molecule has 2 aromatic rings. The second kappa shape index (κ2) is 12.6. The molecule has 0 unspecified atom stereocenters. The number of amides is 5. The van der Waals surface area contributed by atoms with E-state index >= 15 is 0 Å². The van der Waals surface area contributed by atoms with Gasteiger partial charge in [0.1, 0.15) is 24.2 Å². The van der Waals surface area contributed by atoms with Crippen LogP contribution in [0, 0.1) is 5.41 Å². The summed E-state index contributed by atoms with van der Waals surface area (Å²) in [5, 5.41) is 11.2. The van der Waals surface area contributed by atoms with Gasteiger partial charge in [-0.15, -0.1) is 0 Å². The predicted octanol–water partition coefficient (Wildman–Crippen LogP) is 0.151. The van der Waals surface area contributed by atoms with E-state index in [1.54, 1.807) is 27.0 Å². The number of nitrogens with two attached hydrogens (primary N) is 1. The molecule has 1 heterocycles. The summed E-state index contributed by atoms with van der Waals surface area (Å²) in [5.41, 5.74) is 6.53. The van der Waals surface area contributed by atoms with Gasteiger partial charge < -0.3 is 32.0 Å². The van der Waals surface area contributed by atoms with Crippen molar-refractivity contribution in [2.45, 2.75) is 65.2 Å². The van der Waals surface area contributed by atoms with Gasteiger partial charge in [-0.2, -0.15) is 12.6 Å². The first-order valence-corrected chi connectivity index (χ1v) is 12.5. The van der Waals surface area contributed by atoms with E-state index < -0.39 is 53.2 Å². The maximum atomic E-state index is 13.1. The van der Waals surface area contributed by atoms with Crippen LogP contribution in [-0.2, 0) is 30.4 Å². The molecule has 1 aromatic carbocycles. The van der Waals surface area contributed by atoms with E-state index in [9.17, 15) is 24.0 Å². The van der Waals surface area contributed by atoms with Crippen LogP contribution < -0.4 is 27.0 Å². The van der Waals surface area contributed by atoms with Crippen LogP contribution in [0.4, 0.5) is 0 Å². The topological polar surface area (TPSA) is 175 Å². The van der Waals surface area contributed by atoms with Crippen LogP contribution in [0.5, 0.6) is 0 Å². The van der Waals surface area contributed by atoms with Gasteiger partial charge in [-0.3, -0.25) is 24.0 Å². The molecule has 0 saturated heterocycles. The number of hydrogen-bond donors (Lipinski definition) is 7. The van der Waals surface area contributed by atoms with Crippen LogP contribution in [0.25, 0.3) is 10.9 Å². The summed E-state index contributed by atoms with van der Waals surface area (Å²) in [4.78, 5) is 65.2. The lowest BCUT2D eigenvalue weighted by molar-refractivity contribution is -0.135. The maximum Gasteiger partial charge on any atom is 0.244 e. The molecule has 37 heavy (non-hydrogen) atoms. The zero-order chi connectivity index (χ0) is 27.9. The van der Waals surface area contributed by atoms with E-state index in [4.69, 9.17) is 5.73 Å². The van der Waals surface area contributed by atoms with Crippen LogP contribution in [0.15, 0.2) is 30.5 Å². The summed E-state index contributed by atoms with van der Waals surface area (Å²) in [6.45, 7) is 8.03. The van der Waals surface area contributed by atoms with E-state index in [0.29, 0.717) is 0 Å². The van der Waals surface area contributed by atoms with E-state index in [2.05, 4.69) is 38.9 Å². The van der Waals surface area contributed by atoms with Crippen molar-refractivity contribution in [1.29, 1.82) is 0 Å². The van der Waals surface area contributed by atoms with Crippen molar-refractivity contribution in [2.24, 2.45) is 11.1 Å². The maximum absolute atomic E-state index is 13.1. The molecule has 0 aliphatic rings. The molecule has 5 amide bonds. The number of carbonyl (C=O) groups excluding carboxylic acids is 5. The Morgan fingerprint density at radius 3 is 2.14 bits per heavy atom. The number of primary amides is 1. The first kappa shape index (κ1) is 29.7. The molecule has 0 aliphatic heterocycles. The van der Waals surface area contributed by atoms with Gasteiger partial charge in [-0.05, 0) is 24.0 Å². The van der Waals surface area contributed by atoms with Gasteiger partial charge in [-0.25, -0.2) is 0 Å². The quantitative estimate of drug-likeness (QED) is 0.204. The van der Waals surface area contributed by atoms with E-state index in [-0.39, 0.29) is 18.1 Å². The fraction of sp³-hybridized carbons (Fsp3) is 0.480. The van der Waals surface area contributed by atoms with Crippen LogP contribution in [-0.4, -0.2) is 64.4 Å². The predicted molar refractivity (Wildman–Crippen MR) is 144 cm³/mol. The Morgan fingerprint density at radius 1 is 0.946 bits per heavy atom. The lowest BCUT2D eigenvalue weighted by Gasteiger charge is -2.32. The Bertz CT molecular complexity index is 1160. The largest absolute Gasteiger partial charge is 0.368 e. The van der Waals surface area contributed by atoms with Crippen LogP contribution in [0.3, 0.4) is 0 Å². The highest BCUT2D eigenvalue weighted by Crippen LogP contribution is 2.21. The summed E-state index contributed by atoms with van der Waals surface area (Å²) in [5.74, 6) is -2.99. The van der Waals surface area contributed by atoms with Crippen molar-refractivity contribution in [3.8, 4) is 0 Å². The smallest absolute Gasteiger partial charge is 0.244 e. The fourth-order valence-electron chi connectivity index (χ4n) is 3.78. The number of rotatable bonds is 11. The number of hydrogen-bond acceptors (Lipinski definition) is 6. The molecule has 0 fully saturated rings. The third-order valence-electron chi connectivity index (χ3n) is 5.80. The third kappa shape index (κ3) is 8.24. The number of H-pyrrole nitrogens is 1. The molecule has 7 N–H and O–H groups in total. The molecule has 0 spiro atoms.